The molecule has 1 aliphatic rings. The van der Waals surface area contributed by atoms with E-state index in [1.165, 1.54) is 11.1 Å². The van der Waals surface area contributed by atoms with Crippen molar-refractivity contribution in [2.45, 2.75) is 25.9 Å². The van der Waals surface area contributed by atoms with Gasteiger partial charge in [-0.2, -0.15) is 0 Å². The first-order chi connectivity index (χ1) is 5.79. The summed E-state index contributed by atoms with van der Waals surface area (Å²) in [5.41, 5.74) is 2.81. The van der Waals surface area contributed by atoms with E-state index in [9.17, 15) is 0 Å². The van der Waals surface area contributed by atoms with Crippen molar-refractivity contribution >= 4 is 0 Å². The van der Waals surface area contributed by atoms with Crippen molar-refractivity contribution in [3.05, 3.63) is 35.4 Å². The van der Waals surface area contributed by atoms with Gasteiger partial charge in [-0.3, -0.25) is 0 Å². The van der Waals surface area contributed by atoms with Gasteiger partial charge < -0.3 is 4.74 Å². The molecule has 0 amide bonds. The van der Waals surface area contributed by atoms with E-state index in [2.05, 4.69) is 38.1 Å². The molecule has 1 heterocycles. The fourth-order valence-corrected chi connectivity index (χ4v) is 1.80. The molecular formula is C11H14O. The molecule has 0 N–H and O–H groups in total. The molecule has 0 aliphatic carbocycles. The Morgan fingerprint density at radius 3 is 2.50 bits per heavy atom. The summed E-state index contributed by atoms with van der Waals surface area (Å²) < 4.78 is 5.62. The third-order valence-corrected chi connectivity index (χ3v) is 2.56. The fraction of sp³-hybridized carbons (Fsp3) is 0.455. The lowest BCUT2D eigenvalue weighted by Gasteiger charge is -2.27. The van der Waals surface area contributed by atoms with Gasteiger partial charge in [-0.25, -0.2) is 0 Å². The maximum Gasteiger partial charge on any atom is 0.0799 e. The molecule has 1 aliphatic heterocycles. The zero-order chi connectivity index (χ0) is 8.55. The summed E-state index contributed by atoms with van der Waals surface area (Å²) in [6, 6.07) is 8.55. The Morgan fingerprint density at radius 1 is 1.17 bits per heavy atom. The number of fused-ring (bicyclic) bond motifs is 1. The molecule has 0 fully saturated rings. The van der Waals surface area contributed by atoms with E-state index in [-0.39, 0.29) is 6.10 Å². The van der Waals surface area contributed by atoms with Gasteiger partial charge in [0.2, 0.25) is 0 Å². The normalized spacial score (nSPS) is 28.2. The lowest BCUT2D eigenvalue weighted by atomic mass is 9.91. The van der Waals surface area contributed by atoms with Crippen LogP contribution in [0.15, 0.2) is 24.3 Å². The lowest BCUT2D eigenvalue weighted by molar-refractivity contribution is 0.0429. The minimum atomic E-state index is 0.275. The van der Waals surface area contributed by atoms with Crippen molar-refractivity contribution in [2.24, 2.45) is 0 Å². The Balaban J connectivity index is 2.47. The highest BCUT2D eigenvalue weighted by Gasteiger charge is 2.20. The van der Waals surface area contributed by atoms with Gasteiger partial charge in [-0.1, -0.05) is 31.2 Å². The molecule has 1 heteroatoms. The van der Waals surface area contributed by atoms with Crippen LogP contribution in [-0.2, 0) is 4.74 Å². The molecule has 0 radical (unpaired) electrons. The number of benzene rings is 1. The van der Waals surface area contributed by atoms with Crippen LogP contribution in [0.1, 0.15) is 37.0 Å². The number of hydrogen-bond acceptors (Lipinski definition) is 1. The molecule has 0 saturated heterocycles. The largest absolute Gasteiger partial charge is 0.373 e. The number of rotatable bonds is 0. The average molecular weight is 162 g/mol. The molecule has 0 bridgehead atoms. The Hall–Kier alpha value is -0.820. The maximum absolute atomic E-state index is 5.62. The van der Waals surface area contributed by atoms with Gasteiger partial charge in [0, 0.05) is 5.92 Å². The summed E-state index contributed by atoms with van der Waals surface area (Å²) in [5.74, 6) is 0.553. The minimum Gasteiger partial charge on any atom is -0.373 e. The van der Waals surface area contributed by atoms with Gasteiger partial charge in [0.15, 0.2) is 0 Å². The molecule has 12 heavy (non-hydrogen) atoms. The van der Waals surface area contributed by atoms with Crippen molar-refractivity contribution in [1.29, 1.82) is 0 Å². The predicted molar refractivity (Wildman–Crippen MR) is 49.2 cm³/mol. The summed E-state index contributed by atoms with van der Waals surface area (Å²) >= 11 is 0. The minimum absolute atomic E-state index is 0.275. The summed E-state index contributed by atoms with van der Waals surface area (Å²) in [5, 5.41) is 0. The third-order valence-electron chi connectivity index (χ3n) is 2.56. The molecule has 0 saturated carbocycles. The van der Waals surface area contributed by atoms with Crippen LogP contribution >= 0.6 is 0 Å². The van der Waals surface area contributed by atoms with E-state index in [4.69, 9.17) is 4.74 Å². The van der Waals surface area contributed by atoms with Crippen molar-refractivity contribution in [3.63, 3.8) is 0 Å². The van der Waals surface area contributed by atoms with E-state index in [1.807, 2.05) is 0 Å². The standard InChI is InChI=1S/C11H14O/c1-8-7-12-9(2)11-6-4-3-5-10(8)11/h3-6,8-9H,7H2,1-2H3. The van der Waals surface area contributed by atoms with Crippen LogP contribution in [0.2, 0.25) is 0 Å². The molecule has 0 spiro atoms. The smallest absolute Gasteiger partial charge is 0.0799 e. The summed E-state index contributed by atoms with van der Waals surface area (Å²) in [7, 11) is 0. The molecule has 0 aromatic heterocycles. The number of ether oxygens (including phenoxy) is 1. The van der Waals surface area contributed by atoms with Crippen LogP contribution < -0.4 is 0 Å². The quantitative estimate of drug-likeness (QED) is 0.570. The second kappa shape index (κ2) is 2.91. The topological polar surface area (TPSA) is 9.23 Å². The fourth-order valence-electron chi connectivity index (χ4n) is 1.80. The van der Waals surface area contributed by atoms with Crippen LogP contribution in [0.3, 0.4) is 0 Å². The highest BCUT2D eigenvalue weighted by Crippen LogP contribution is 2.32. The zero-order valence-corrected chi connectivity index (χ0v) is 7.58. The Labute approximate surface area is 73.4 Å². The molecular weight excluding hydrogens is 148 g/mol. The van der Waals surface area contributed by atoms with Gasteiger partial charge >= 0.3 is 0 Å². The molecule has 1 aromatic rings. The van der Waals surface area contributed by atoms with Crippen LogP contribution in [-0.4, -0.2) is 6.61 Å². The van der Waals surface area contributed by atoms with Crippen LogP contribution in [0.4, 0.5) is 0 Å². The first kappa shape index (κ1) is 7.81. The van der Waals surface area contributed by atoms with Crippen molar-refractivity contribution in [2.75, 3.05) is 6.61 Å². The van der Waals surface area contributed by atoms with Crippen LogP contribution in [0.5, 0.6) is 0 Å². The van der Waals surface area contributed by atoms with Gasteiger partial charge in [0.1, 0.15) is 0 Å². The lowest BCUT2D eigenvalue weighted by Crippen LogP contribution is -2.17. The van der Waals surface area contributed by atoms with E-state index >= 15 is 0 Å². The van der Waals surface area contributed by atoms with Gasteiger partial charge in [0.05, 0.1) is 12.7 Å². The van der Waals surface area contributed by atoms with Crippen molar-refractivity contribution < 1.29 is 4.74 Å². The van der Waals surface area contributed by atoms with E-state index in [1.54, 1.807) is 0 Å². The van der Waals surface area contributed by atoms with Crippen molar-refractivity contribution in [1.82, 2.24) is 0 Å². The van der Waals surface area contributed by atoms with Crippen molar-refractivity contribution in [3.8, 4) is 0 Å². The summed E-state index contributed by atoms with van der Waals surface area (Å²) in [6.07, 6.45) is 0.275. The van der Waals surface area contributed by atoms with Crippen LogP contribution in [0, 0.1) is 0 Å². The highest BCUT2D eigenvalue weighted by atomic mass is 16.5. The van der Waals surface area contributed by atoms with E-state index in [0.717, 1.165) is 6.61 Å². The maximum atomic E-state index is 5.62. The predicted octanol–water partition coefficient (Wildman–Crippen LogP) is 2.88. The van der Waals surface area contributed by atoms with Gasteiger partial charge in [-0.05, 0) is 18.1 Å². The van der Waals surface area contributed by atoms with Gasteiger partial charge in [0.25, 0.3) is 0 Å². The second-order valence-electron chi connectivity index (χ2n) is 3.51. The first-order valence-electron chi connectivity index (χ1n) is 4.49. The third kappa shape index (κ3) is 1.14. The Kier molecular flexibility index (Phi) is 1.89. The molecule has 2 rings (SSSR count). The zero-order valence-electron chi connectivity index (χ0n) is 7.58. The SMILES string of the molecule is CC1COC(C)c2ccccc21. The van der Waals surface area contributed by atoms with E-state index in [0.29, 0.717) is 5.92 Å². The molecule has 1 aromatic carbocycles. The monoisotopic (exact) mass is 162 g/mol. The molecule has 2 unspecified atom stereocenters. The highest BCUT2D eigenvalue weighted by molar-refractivity contribution is 5.33. The Morgan fingerprint density at radius 2 is 1.83 bits per heavy atom. The van der Waals surface area contributed by atoms with Crippen LogP contribution in [0.25, 0.3) is 0 Å². The average Bonchev–Trinajstić information content (AvgIpc) is 2.12. The second-order valence-corrected chi connectivity index (χ2v) is 3.51. The molecule has 64 valence electrons. The Bertz CT molecular complexity index is 251. The molecule has 2 atom stereocenters. The van der Waals surface area contributed by atoms with E-state index < -0.39 is 0 Å². The first-order valence-corrected chi connectivity index (χ1v) is 4.49. The molecule has 1 nitrogen and oxygen atoms in total. The summed E-state index contributed by atoms with van der Waals surface area (Å²) in [6.45, 7) is 5.19. The number of hydrogen-bond donors (Lipinski definition) is 0. The summed E-state index contributed by atoms with van der Waals surface area (Å²) in [4.78, 5) is 0. The van der Waals surface area contributed by atoms with Gasteiger partial charge in [-0.15, -0.1) is 0 Å².